The second-order valence-electron chi connectivity index (χ2n) is 1.24. The number of thiocarbonyl (C=S) groups is 1. The van der Waals surface area contributed by atoms with Crippen molar-refractivity contribution in [2.45, 2.75) is 6.42 Å². The first-order valence-electron chi connectivity index (χ1n) is 2.18. The highest BCUT2D eigenvalue weighted by atomic mass is 32.2. The predicted molar refractivity (Wildman–Crippen MR) is 44.7 cm³/mol. The summed E-state index contributed by atoms with van der Waals surface area (Å²) >= 11 is 10.3. The SMILES string of the molecule is O=C(O)CCSC(=S)[S-]. The molecule has 0 aliphatic carbocycles. The summed E-state index contributed by atoms with van der Waals surface area (Å²) in [4.78, 5) is 9.89. The molecule has 0 spiro atoms. The third-order valence-corrected chi connectivity index (χ3v) is 1.89. The number of rotatable bonds is 3. The van der Waals surface area contributed by atoms with Gasteiger partial charge in [-0.25, -0.2) is 0 Å². The normalized spacial score (nSPS) is 8.89. The number of carboxylic acids is 1. The van der Waals surface area contributed by atoms with Gasteiger partial charge in [-0.3, -0.25) is 4.79 Å². The Balaban J connectivity index is 3.10. The van der Waals surface area contributed by atoms with Crippen LogP contribution in [-0.4, -0.2) is 20.4 Å². The molecule has 0 fully saturated rings. The molecular formula is C4H5O2S3-. The maximum Gasteiger partial charge on any atom is 0.304 e. The fraction of sp³-hybridized carbons (Fsp3) is 0.500. The average molecular weight is 181 g/mol. The van der Waals surface area contributed by atoms with Gasteiger partial charge in [0, 0.05) is 5.75 Å². The summed E-state index contributed by atoms with van der Waals surface area (Å²) in [5, 5.41) is 8.14. The lowest BCUT2D eigenvalue weighted by atomic mass is 10.5. The van der Waals surface area contributed by atoms with E-state index in [4.69, 9.17) is 5.11 Å². The van der Waals surface area contributed by atoms with E-state index >= 15 is 0 Å². The van der Waals surface area contributed by atoms with Crippen molar-refractivity contribution in [3.05, 3.63) is 0 Å². The van der Waals surface area contributed by atoms with Gasteiger partial charge in [0.25, 0.3) is 0 Å². The van der Waals surface area contributed by atoms with Crippen LogP contribution in [0.3, 0.4) is 0 Å². The lowest BCUT2D eigenvalue weighted by Crippen LogP contribution is -1.96. The number of thioether (sulfide) groups is 1. The van der Waals surface area contributed by atoms with E-state index in [1.807, 2.05) is 0 Å². The van der Waals surface area contributed by atoms with Gasteiger partial charge in [-0.15, -0.1) is 11.8 Å². The van der Waals surface area contributed by atoms with Gasteiger partial charge >= 0.3 is 5.97 Å². The van der Waals surface area contributed by atoms with E-state index in [1.54, 1.807) is 0 Å². The maximum atomic E-state index is 9.89. The van der Waals surface area contributed by atoms with Crippen molar-refractivity contribution in [1.29, 1.82) is 0 Å². The first-order chi connectivity index (χ1) is 4.13. The Kier molecular flexibility index (Phi) is 5.03. The van der Waals surface area contributed by atoms with Crippen molar-refractivity contribution in [3.8, 4) is 0 Å². The zero-order chi connectivity index (χ0) is 7.28. The van der Waals surface area contributed by atoms with Crippen LogP contribution >= 0.6 is 24.0 Å². The highest BCUT2D eigenvalue weighted by molar-refractivity contribution is 8.36. The van der Waals surface area contributed by atoms with Crippen molar-refractivity contribution < 1.29 is 9.90 Å². The molecule has 2 nitrogen and oxygen atoms in total. The van der Waals surface area contributed by atoms with Crippen LogP contribution in [0.15, 0.2) is 0 Å². The van der Waals surface area contributed by atoms with Gasteiger partial charge < -0.3 is 30.0 Å². The van der Waals surface area contributed by atoms with Gasteiger partial charge in [-0.2, -0.15) is 0 Å². The first kappa shape index (κ1) is 9.13. The molecule has 0 bridgehead atoms. The largest absolute Gasteiger partial charge is 0.481 e. The number of hydrogen-bond acceptors (Lipinski definition) is 4. The van der Waals surface area contributed by atoms with Gasteiger partial charge in [0.2, 0.25) is 0 Å². The lowest BCUT2D eigenvalue weighted by Gasteiger charge is -2.00. The van der Waals surface area contributed by atoms with Crippen LogP contribution in [-0.2, 0) is 17.4 Å². The molecule has 0 unspecified atom stereocenters. The van der Waals surface area contributed by atoms with E-state index < -0.39 is 5.97 Å². The molecule has 5 heteroatoms. The van der Waals surface area contributed by atoms with Gasteiger partial charge in [-0.05, 0) is 0 Å². The molecule has 0 aliphatic heterocycles. The monoisotopic (exact) mass is 181 g/mol. The van der Waals surface area contributed by atoms with Crippen molar-refractivity contribution in [2.24, 2.45) is 0 Å². The number of aliphatic carboxylic acids is 1. The Morgan fingerprint density at radius 3 is 2.67 bits per heavy atom. The molecule has 0 radical (unpaired) electrons. The van der Waals surface area contributed by atoms with Crippen molar-refractivity contribution >= 4 is 46.1 Å². The molecular weight excluding hydrogens is 176 g/mol. The standard InChI is InChI=1S/C4H6O2S3/c5-3(6)1-2-9-4(7)8/h1-2H2,(H,5,6)(H,7,8)/p-1. The quantitative estimate of drug-likeness (QED) is 0.520. The molecule has 0 atom stereocenters. The van der Waals surface area contributed by atoms with Crippen molar-refractivity contribution in [2.75, 3.05) is 5.75 Å². The van der Waals surface area contributed by atoms with E-state index in [0.717, 1.165) is 0 Å². The van der Waals surface area contributed by atoms with Crippen LogP contribution in [0.25, 0.3) is 0 Å². The van der Waals surface area contributed by atoms with E-state index in [9.17, 15) is 4.79 Å². The Morgan fingerprint density at radius 2 is 2.33 bits per heavy atom. The van der Waals surface area contributed by atoms with Crippen LogP contribution in [0.1, 0.15) is 6.42 Å². The first-order valence-corrected chi connectivity index (χ1v) is 3.98. The second kappa shape index (κ2) is 4.96. The highest BCUT2D eigenvalue weighted by Gasteiger charge is 1.93. The number of hydrogen-bond donors (Lipinski definition) is 1. The third kappa shape index (κ3) is 8.13. The molecule has 0 heterocycles. The van der Waals surface area contributed by atoms with Crippen molar-refractivity contribution in [3.63, 3.8) is 0 Å². The summed E-state index contributed by atoms with van der Waals surface area (Å²) in [5.74, 6) is -0.328. The zero-order valence-corrected chi connectivity index (χ0v) is 6.94. The minimum Gasteiger partial charge on any atom is -0.481 e. The Bertz CT molecular complexity index is 109. The smallest absolute Gasteiger partial charge is 0.304 e. The molecule has 52 valence electrons. The molecule has 0 rings (SSSR count). The van der Waals surface area contributed by atoms with E-state index in [2.05, 4.69) is 24.8 Å². The van der Waals surface area contributed by atoms with E-state index in [1.165, 1.54) is 11.8 Å². The zero-order valence-electron chi connectivity index (χ0n) is 4.49. The lowest BCUT2D eigenvalue weighted by molar-refractivity contribution is -0.136. The van der Waals surface area contributed by atoms with Gasteiger partial charge in [0.05, 0.1) is 6.42 Å². The fourth-order valence-electron chi connectivity index (χ4n) is 0.222. The summed E-state index contributed by atoms with van der Waals surface area (Å²) in [6.45, 7) is 0. The summed E-state index contributed by atoms with van der Waals surface area (Å²) in [5.41, 5.74) is 0. The van der Waals surface area contributed by atoms with E-state index in [0.29, 0.717) is 9.28 Å². The van der Waals surface area contributed by atoms with Crippen LogP contribution in [0.5, 0.6) is 0 Å². The average Bonchev–Trinajstić information content (AvgIpc) is 1.63. The van der Waals surface area contributed by atoms with Crippen LogP contribution in [0.2, 0.25) is 0 Å². The predicted octanol–water partition coefficient (Wildman–Crippen LogP) is 1.03. The Morgan fingerprint density at radius 1 is 1.78 bits per heavy atom. The maximum absolute atomic E-state index is 9.89. The molecule has 0 aromatic rings. The van der Waals surface area contributed by atoms with Crippen LogP contribution < -0.4 is 0 Å². The molecule has 0 aliphatic rings. The Labute approximate surface area is 68.4 Å². The molecule has 9 heavy (non-hydrogen) atoms. The minimum absolute atomic E-state index is 0.126. The molecule has 1 N–H and O–H groups in total. The van der Waals surface area contributed by atoms with E-state index in [-0.39, 0.29) is 6.42 Å². The second-order valence-corrected chi connectivity index (χ2v) is 3.94. The van der Waals surface area contributed by atoms with Gasteiger partial charge in [0.15, 0.2) is 0 Å². The summed E-state index contributed by atoms with van der Waals surface area (Å²) in [6, 6.07) is 0. The van der Waals surface area contributed by atoms with Gasteiger partial charge in [-0.1, -0.05) is 3.53 Å². The minimum atomic E-state index is -0.811. The molecule has 0 amide bonds. The van der Waals surface area contributed by atoms with Crippen molar-refractivity contribution in [1.82, 2.24) is 0 Å². The Hall–Kier alpha value is 0.130. The molecule has 0 aromatic heterocycles. The third-order valence-electron chi connectivity index (χ3n) is 0.536. The fourth-order valence-corrected chi connectivity index (χ4v) is 1.17. The summed E-state index contributed by atoms with van der Waals surface area (Å²) in [6.07, 6.45) is 0.126. The topological polar surface area (TPSA) is 37.3 Å². The molecule has 0 aromatic carbocycles. The number of carbonyl (C=O) groups is 1. The highest BCUT2D eigenvalue weighted by Crippen LogP contribution is 2.03. The summed E-state index contributed by atoms with van der Waals surface area (Å²) < 4.78 is 0.385. The molecule has 0 saturated carbocycles. The van der Waals surface area contributed by atoms with Crippen LogP contribution in [0, 0.1) is 0 Å². The number of carboxylic acid groups (broad SMARTS) is 1. The van der Waals surface area contributed by atoms with Gasteiger partial charge in [0.1, 0.15) is 0 Å². The van der Waals surface area contributed by atoms with Crippen LogP contribution in [0.4, 0.5) is 0 Å². The summed E-state index contributed by atoms with van der Waals surface area (Å²) in [7, 11) is 0. The molecule has 0 saturated heterocycles.